The summed E-state index contributed by atoms with van der Waals surface area (Å²) in [5, 5.41) is 0.307. The second kappa shape index (κ2) is 7.42. The molecule has 1 aliphatic heterocycles. The summed E-state index contributed by atoms with van der Waals surface area (Å²) in [4.78, 5) is 33.1. The molecule has 8 nitrogen and oxygen atoms in total. The molecular weight excluding hydrogens is 368 g/mol. The quantitative estimate of drug-likeness (QED) is 0.741. The molecule has 1 saturated heterocycles. The van der Waals surface area contributed by atoms with Crippen molar-refractivity contribution < 1.29 is 9.53 Å². The maximum atomic E-state index is 12.3. The Morgan fingerprint density at radius 3 is 2.81 bits per heavy atom. The lowest BCUT2D eigenvalue weighted by Gasteiger charge is -2.30. The molecule has 0 N–H and O–H groups in total. The maximum absolute atomic E-state index is 12.3. The smallest absolute Gasteiger partial charge is 0.410 e. The molecule has 3 heterocycles. The number of nitrogens with zero attached hydrogens (tertiary/aromatic N) is 6. The number of hydrogen-bond donors (Lipinski definition) is 0. The van der Waals surface area contributed by atoms with Gasteiger partial charge in [-0.2, -0.15) is 0 Å². The van der Waals surface area contributed by atoms with E-state index in [0.717, 1.165) is 6.42 Å². The molecule has 1 aliphatic rings. The Labute approximate surface area is 163 Å². The fraction of sp³-hybridized carbons (Fsp3) is 0.611. The number of likely N-dealkylation sites (tertiary alicyclic amines) is 1. The van der Waals surface area contributed by atoms with Crippen LogP contribution in [0.15, 0.2) is 12.5 Å². The van der Waals surface area contributed by atoms with Crippen LogP contribution in [0.3, 0.4) is 0 Å². The van der Waals surface area contributed by atoms with Crippen LogP contribution in [0.1, 0.15) is 34.1 Å². The van der Waals surface area contributed by atoms with Crippen LogP contribution >= 0.6 is 11.6 Å². The van der Waals surface area contributed by atoms with Gasteiger partial charge in [0.2, 0.25) is 5.95 Å². The minimum atomic E-state index is -0.488. The van der Waals surface area contributed by atoms with E-state index in [-0.39, 0.29) is 12.1 Å². The van der Waals surface area contributed by atoms with Gasteiger partial charge in [-0.1, -0.05) is 11.6 Å². The average Bonchev–Trinajstić information content (AvgIpc) is 3.09. The van der Waals surface area contributed by atoms with Gasteiger partial charge in [-0.25, -0.2) is 24.7 Å². The number of anilines is 1. The van der Waals surface area contributed by atoms with Crippen LogP contribution in [0.2, 0.25) is 5.15 Å². The molecule has 1 fully saturated rings. The monoisotopic (exact) mass is 392 g/mol. The van der Waals surface area contributed by atoms with Gasteiger partial charge >= 0.3 is 6.09 Å². The first kappa shape index (κ1) is 19.5. The van der Waals surface area contributed by atoms with Gasteiger partial charge in [0, 0.05) is 26.2 Å². The van der Waals surface area contributed by atoms with Crippen molar-refractivity contribution in [3.63, 3.8) is 0 Å². The molecule has 0 aliphatic carbocycles. The molecular formula is C18H25ClN6O2. The van der Waals surface area contributed by atoms with Crippen molar-refractivity contribution in [2.75, 3.05) is 25.0 Å². The van der Waals surface area contributed by atoms with Crippen molar-refractivity contribution in [3.05, 3.63) is 17.7 Å². The van der Waals surface area contributed by atoms with Crippen LogP contribution in [-0.4, -0.2) is 62.7 Å². The van der Waals surface area contributed by atoms with E-state index in [4.69, 9.17) is 16.3 Å². The topological polar surface area (TPSA) is 84.3 Å². The molecule has 3 rings (SSSR count). The lowest BCUT2D eigenvalue weighted by molar-refractivity contribution is 0.0287. The number of halogens is 1. The number of aromatic nitrogens is 4. The van der Waals surface area contributed by atoms with Gasteiger partial charge in [-0.15, -0.1) is 0 Å². The SMILES string of the molecule is CC(C1CCN(C(=O)OC(C)(C)C)C1)N(C)c1ncc2ncnc(Cl)c2n1. The zero-order chi connectivity index (χ0) is 19.8. The highest BCUT2D eigenvalue weighted by Gasteiger charge is 2.34. The Hall–Kier alpha value is -2.22. The highest BCUT2D eigenvalue weighted by atomic mass is 35.5. The van der Waals surface area contributed by atoms with Crippen molar-refractivity contribution >= 4 is 34.7 Å². The molecule has 0 saturated carbocycles. The standard InChI is InChI=1S/C18H25ClN6O2/c1-11(12-6-7-25(9-12)17(26)27-18(2,3)4)24(5)16-20-8-13-14(23-16)15(19)22-10-21-13/h8,10-12H,6-7,9H2,1-5H3. The van der Waals surface area contributed by atoms with E-state index >= 15 is 0 Å². The first-order valence-electron chi connectivity index (χ1n) is 8.99. The van der Waals surface area contributed by atoms with Crippen LogP contribution in [0, 0.1) is 5.92 Å². The summed E-state index contributed by atoms with van der Waals surface area (Å²) < 4.78 is 5.48. The van der Waals surface area contributed by atoms with Crippen LogP contribution in [0.4, 0.5) is 10.7 Å². The Morgan fingerprint density at radius 2 is 2.11 bits per heavy atom. The van der Waals surface area contributed by atoms with E-state index in [1.165, 1.54) is 6.33 Å². The molecule has 2 unspecified atom stereocenters. The molecule has 0 aromatic carbocycles. The predicted molar refractivity (Wildman–Crippen MR) is 104 cm³/mol. The minimum absolute atomic E-state index is 0.137. The van der Waals surface area contributed by atoms with Gasteiger partial charge in [0.05, 0.1) is 6.20 Å². The molecule has 0 radical (unpaired) electrons. The largest absolute Gasteiger partial charge is 0.444 e. The highest BCUT2D eigenvalue weighted by Crippen LogP contribution is 2.27. The molecule has 2 aromatic rings. The summed E-state index contributed by atoms with van der Waals surface area (Å²) in [6.07, 6.45) is 3.69. The zero-order valence-corrected chi connectivity index (χ0v) is 17.1. The summed E-state index contributed by atoms with van der Waals surface area (Å²) in [5.41, 5.74) is 0.652. The Bertz CT molecular complexity index is 840. The van der Waals surface area contributed by atoms with Gasteiger partial charge in [-0.3, -0.25) is 0 Å². The fourth-order valence-corrected chi connectivity index (χ4v) is 3.34. The number of fused-ring (bicyclic) bond motifs is 1. The predicted octanol–water partition coefficient (Wildman–Crippen LogP) is 3.15. The van der Waals surface area contributed by atoms with E-state index in [2.05, 4.69) is 26.9 Å². The highest BCUT2D eigenvalue weighted by molar-refractivity contribution is 6.33. The number of ether oxygens (including phenoxy) is 1. The third-order valence-electron chi connectivity index (χ3n) is 4.81. The Morgan fingerprint density at radius 1 is 1.37 bits per heavy atom. The normalized spacial score (nSPS) is 18.6. The lowest BCUT2D eigenvalue weighted by Crippen LogP contribution is -2.40. The molecule has 146 valence electrons. The van der Waals surface area contributed by atoms with E-state index in [0.29, 0.717) is 41.1 Å². The molecule has 2 atom stereocenters. The number of rotatable bonds is 3. The second-order valence-electron chi connectivity index (χ2n) is 7.89. The van der Waals surface area contributed by atoms with Gasteiger partial charge < -0.3 is 14.5 Å². The third kappa shape index (κ3) is 4.37. The van der Waals surface area contributed by atoms with E-state index in [1.807, 2.05) is 32.7 Å². The molecule has 2 aromatic heterocycles. The van der Waals surface area contributed by atoms with Crippen molar-refractivity contribution in [2.45, 2.75) is 45.8 Å². The van der Waals surface area contributed by atoms with Crippen molar-refractivity contribution in [1.82, 2.24) is 24.8 Å². The second-order valence-corrected chi connectivity index (χ2v) is 8.25. The van der Waals surface area contributed by atoms with Gasteiger partial charge in [0.1, 0.15) is 23.0 Å². The fourth-order valence-electron chi connectivity index (χ4n) is 3.16. The lowest BCUT2D eigenvalue weighted by atomic mass is 10.00. The molecule has 27 heavy (non-hydrogen) atoms. The van der Waals surface area contributed by atoms with Gasteiger partial charge in [0.15, 0.2) is 5.15 Å². The summed E-state index contributed by atoms with van der Waals surface area (Å²) >= 11 is 6.13. The summed E-state index contributed by atoms with van der Waals surface area (Å²) in [7, 11) is 1.94. The number of carbonyl (C=O) groups excluding carboxylic acids is 1. The summed E-state index contributed by atoms with van der Waals surface area (Å²) in [6.45, 7) is 9.08. The molecule has 0 bridgehead atoms. The van der Waals surface area contributed by atoms with Crippen LogP contribution in [0.5, 0.6) is 0 Å². The zero-order valence-electron chi connectivity index (χ0n) is 16.3. The molecule has 0 spiro atoms. The van der Waals surface area contributed by atoms with E-state index in [1.54, 1.807) is 11.1 Å². The first-order chi connectivity index (χ1) is 12.7. The van der Waals surface area contributed by atoms with Crippen molar-refractivity contribution in [1.29, 1.82) is 0 Å². The maximum Gasteiger partial charge on any atom is 0.410 e. The van der Waals surface area contributed by atoms with Crippen LogP contribution in [-0.2, 0) is 4.74 Å². The first-order valence-corrected chi connectivity index (χ1v) is 9.37. The van der Waals surface area contributed by atoms with E-state index < -0.39 is 5.60 Å². The van der Waals surface area contributed by atoms with E-state index in [9.17, 15) is 4.79 Å². The minimum Gasteiger partial charge on any atom is -0.444 e. The number of carbonyl (C=O) groups is 1. The van der Waals surface area contributed by atoms with Crippen LogP contribution in [0.25, 0.3) is 11.0 Å². The van der Waals surface area contributed by atoms with Crippen LogP contribution < -0.4 is 4.90 Å². The van der Waals surface area contributed by atoms with Gasteiger partial charge in [-0.05, 0) is 40.0 Å². The summed E-state index contributed by atoms with van der Waals surface area (Å²) in [5.74, 6) is 0.853. The van der Waals surface area contributed by atoms with Crippen molar-refractivity contribution in [3.8, 4) is 0 Å². The molecule has 9 heteroatoms. The van der Waals surface area contributed by atoms with Crippen molar-refractivity contribution in [2.24, 2.45) is 5.92 Å². The third-order valence-corrected chi connectivity index (χ3v) is 5.08. The molecule has 1 amide bonds. The Kier molecular flexibility index (Phi) is 5.37. The van der Waals surface area contributed by atoms with Gasteiger partial charge in [0.25, 0.3) is 0 Å². The summed E-state index contributed by atoms with van der Waals surface area (Å²) in [6, 6.07) is 0.137. The number of amides is 1. The number of hydrogen-bond acceptors (Lipinski definition) is 7. The average molecular weight is 393 g/mol. The Balaban J connectivity index is 1.70.